The van der Waals surface area contributed by atoms with E-state index in [2.05, 4.69) is 15.2 Å². The maximum absolute atomic E-state index is 10.7. The molecular weight excluding hydrogens is 268 g/mol. The van der Waals surface area contributed by atoms with Gasteiger partial charge in [0.15, 0.2) is 5.84 Å². The number of nitro groups is 1. The molecule has 0 radical (unpaired) electrons. The van der Waals surface area contributed by atoms with Gasteiger partial charge in [0.1, 0.15) is 12.1 Å². The van der Waals surface area contributed by atoms with Gasteiger partial charge in [0.25, 0.3) is 5.69 Å². The summed E-state index contributed by atoms with van der Waals surface area (Å²) in [5.74, 6) is -0.184. The SMILES string of the molecule is Cn1cnc(Oc2ccc([N+](=O)[O-])cc2/C(N)=N/O)n1. The van der Waals surface area contributed by atoms with E-state index in [1.807, 2.05) is 0 Å². The number of rotatable bonds is 4. The summed E-state index contributed by atoms with van der Waals surface area (Å²) in [5, 5.41) is 26.2. The molecule has 2 aromatic rings. The minimum absolute atomic E-state index is 0.0355. The molecule has 1 aromatic carbocycles. The molecule has 0 aliphatic heterocycles. The van der Waals surface area contributed by atoms with E-state index in [1.165, 1.54) is 23.1 Å². The van der Waals surface area contributed by atoms with Crippen LogP contribution in [0.3, 0.4) is 0 Å². The molecule has 20 heavy (non-hydrogen) atoms. The van der Waals surface area contributed by atoms with Gasteiger partial charge in [-0.25, -0.2) is 0 Å². The van der Waals surface area contributed by atoms with Crippen molar-refractivity contribution < 1.29 is 14.9 Å². The predicted octanol–water partition coefficient (Wildman–Crippen LogP) is 0.610. The maximum Gasteiger partial charge on any atom is 0.341 e. The molecule has 0 unspecified atom stereocenters. The first-order valence-corrected chi connectivity index (χ1v) is 5.31. The molecule has 104 valence electrons. The minimum Gasteiger partial charge on any atom is -0.422 e. The third-order valence-electron chi connectivity index (χ3n) is 2.34. The first-order chi connectivity index (χ1) is 9.51. The number of aromatic nitrogens is 3. The van der Waals surface area contributed by atoms with Crippen LogP contribution < -0.4 is 10.5 Å². The molecule has 1 heterocycles. The van der Waals surface area contributed by atoms with Crippen LogP contribution in [0.1, 0.15) is 5.56 Å². The van der Waals surface area contributed by atoms with Crippen LogP contribution in [-0.2, 0) is 7.05 Å². The standard InChI is InChI=1S/C10H10N6O4/c1-15-5-12-10(13-15)20-8-3-2-6(16(18)19)4-7(8)9(11)14-17/h2-5,17H,1H3,(H2,11,14). The van der Waals surface area contributed by atoms with Gasteiger partial charge in [-0.15, -0.1) is 5.10 Å². The molecule has 0 saturated heterocycles. The lowest BCUT2D eigenvalue weighted by Gasteiger charge is -2.07. The van der Waals surface area contributed by atoms with Crippen molar-refractivity contribution in [3.05, 3.63) is 40.2 Å². The summed E-state index contributed by atoms with van der Waals surface area (Å²) in [6.45, 7) is 0. The zero-order valence-electron chi connectivity index (χ0n) is 10.3. The molecule has 0 fully saturated rings. The van der Waals surface area contributed by atoms with E-state index in [1.54, 1.807) is 7.05 Å². The molecule has 10 nitrogen and oxygen atoms in total. The second-order valence-electron chi connectivity index (χ2n) is 3.73. The van der Waals surface area contributed by atoms with Crippen LogP contribution in [0.15, 0.2) is 29.7 Å². The normalized spacial score (nSPS) is 11.3. The highest BCUT2D eigenvalue weighted by atomic mass is 16.6. The van der Waals surface area contributed by atoms with Gasteiger partial charge in [-0.2, -0.15) is 4.98 Å². The van der Waals surface area contributed by atoms with Gasteiger partial charge in [-0.1, -0.05) is 5.16 Å². The van der Waals surface area contributed by atoms with Crippen molar-refractivity contribution in [2.45, 2.75) is 0 Å². The molecule has 0 atom stereocenters. The summed E-state index contributed by atoms with van der Waals surface area (Å²) in [4.78, 5) is 14.0. The molecular formula is C10H10N6O4. The van der Waals surface area contributed by atoms with Crippen molar-refractivity contribution in [2.24, 2.45) is 17.9 Å². The summed E-state index contributed by atoms with van der Waals surface area (Å²) < 4.78 is 6.77. The van der Waals surface area contributed by atoms with Crippen LogP contribution in [-0.4, -0.2) is 30.7 Å². The van der Waals surface area contributed by atoms with Crippen LogP contribution in [0.25, 0.3) is 0 Å². The van der Waals surface area contributed by atoms with Crippen molar-refractivity contribution >= 4 is 11.5 Å². The molecule has 0 spiro atoms. The van der Waals surface area contributed by atoms with Gasteiger partial charge in [-0.05, 0) is 6.07 Å². The fourth-order valence-electron chi connectivity index (χ4n) is 1.44. The number of hydrogen-bond donors (Lipinski definition) is 2. The van der Waals surface area contributed by atoms with Gasteiger partial charge in [0.05, 0.1) is 10.5 Å². The Kier molecular flexibility index (Phi) is 3.46. The van der Waals surface area contributed by atoms with Crippen molar-refractivity contribution in [3.8, 4) is 11.8 Å². The second kappa shape index (κ2) is 5.22. The third kappa shape index (κ3) is 2.63. The first-order valence-electron chi connectivity index (χ1n) is 5.31. The average molecular weight is 278 g/mol. The minimum atomic E-state index is -0.600. The van der Waals surface area contributed by atoms with E-state index in [9.17, 15) is 10.1 Å². The Morgan fingerprint density at radius 3 is 2.90 bits per heavy atom. The summed E-state index contributed by atoms with van der Waals surface area (Å²) in [6.07, 6.45) is 1.42. The van der Waals surface area contributed by atoms with Gasteiger partial charge >= 0.3 is 6.01 Å². The summed E-state index contributed by atoms with van der Waals surface area (Å²) in [5.41, 5.74) is 5.32. The number of aryl methyl sites for hydroxylation is 1. The second-order valence-corrected chi connectivity index (χ2v) is 3.73. The van der Waals surface area contributed by atoms with E-state index in [-0.39, 0.29) is 28.8 Å². The van der Waals surface area contributed by atoms with E-state index in [0.29, 0.717) is 0 Å². The van der Waals surface area contributed by atoms with Crippen molar-refractivity contribution in [1.82, 2.24) is 14.8 Å². The number of nitrogens with zero attached hydrogens (tertiary/aromatic N) is 5. The molecule has 3 N–H and O–H groups in total. The monoisotopic (exact) mass is 278 g/mol. The fourth-order valence-corrected chi connectivity index (χ4v) is 1.44. The molecule has 10 heteroatoms. The Morgan fingerprint density at radius 2 is 2.35 bits per heavy atom. The zero-order valence-corrected chi connectivity index (χ0v) is 10.3. The number of benzene rings is 1. The fraction of sp³-hybridized carbons (Fsp3) is 0.100. The summed E-state index contributed by atoms with van der Waals surface area (Å²) in [7, 11) is 1.65. The van der Waals surface area contributed by atoms with Crippen molar-refractivity contribution in [1.29, 1.82) is 0 Å². The van der Waals surface area contributed by atoms with Crippen molar-refractivity contribution in [2.75, 3.05) is 0 Å². The summed E-state index contributed by atoms with van der Waals surface area (Å²) in [6, 6.07) is 3.72. The van der Waals surface area contributed by atoms with Crippen LogP contribution >= 0.6 is 0 Å². The number of hydrogen-bond acceptors (Lipinski definition) is 7. The average Bonchev–Trinajstić information content (AvgIpc) is 2.83. The quantitative estimate of drug-likeness (QED) is 0.274. The smallest absolute Gasteiger partial charge is 0.341 e. The highest BCUT2D eigenvalue weighted by Gasteiger charge is 2.16. The van der Waals surface area contributed by atoms with E-state index >= 15 is 0 Å². The molecule has 0 saturated carbocycles. The van der Waals surface area contributed by atoms with E-state index in [4.69, 9.17) is 15.7 Å². The van der Waals surface area contributed by atoms with Crippen LogP contribution in [0.5, 0.6) is 11.8 Å². The lowest BCUT2D eigenvalue weighted by Crippen LogP contribution is -2.14. The Balaban J connectivity index is 2.43. The molecule has 2 rings (SSSR count). The van der Waals surface area contributed by atoms with Gasteiger partial charge in [0, 0.05) is 19.2 Å². The van der Waals surface area contributed by atoms with Crippen LogP contribution in [0.2, 0.25) is 0 Å². The summed E-state index contributed by atoms with van der Waals surface area (Å²) >= 11 is 0. The number of nitrogens with two attached hydrogens (primary N) is 1. The Labute approximate surface area is 112 Å². The highest BCUT2D eigenvalue weighted by Crippen LogP contribution is 2.27. The number of ether oxygens (including phenoxy) is 1. The molecule has 0 aliphatic carbocycles. The first kappa shape index (κ1) is 13.3. The number of oxime groups is 1. The predicted molar refractivity (Wildman–Crippen MR) is 66.7 cm³/mol. The topological polar surface area (TPSA) is 142 Å². The van der Waals surface area contributed by atoms with Gasteiger partial charge < -0.3 is 15.7 Å². The van der Waals surface area contributed by atoms with Gasteiger partial charge in [-0.3, -0.25) is 14.8 Å². The lowest BCUT2D eigenvalue weighted by atomic mass is 10.1. The van der Waals surface area contributed by atoms with Crippen LogP contribution in [0.4, 0.5) is 5.69 Å². The lowest BCUT2D eigenvalue weighted by molar-refractivity contribution is -0.384. The Hall–Kier alpha value is -3.17. The largest absolute Gasteiger partial charge is 0.422 e. The molecule has 1 aromatic heterocycles. The molecule has 0 aliphatic rings. The number of non-ortho nitro benzene ring substituents is 1. The Bertz CT molecular complexity index is 680. The van der Waals surface area contributed by atoms with Crippen LogP contribution in [0, 0.1) is 10.1 Å². The molecule has 0 bridgehead atoms. The maximum atomic E-state index is 10.7. The zero-order chi connectivity index (χ0) is 14.7. The highest BCUT2D eigenvalue weighted by molar-refractivity contribution is 6.00. The third-order valence-corrected chi connectivity index (χ3v) is 2.34. The van der Waals surface area contributed by atoms with E-state index in [0.717, 1.165) is 6.07 Å². The molecule has 0 amide bonds. The van der Waals surface area contributed by atoms with Crippen molar-refractivity contribution in [3.63, 3.8) is 0 Å². The van der Waals surface area contributed by atoms with Gasteiger partial charge in [0.2, 0.25) is 0 Å². The number of nitro benzene ring substituents is 1. The number of amidine groups is 1. The Morgan fingerprint density at radius 1 is 1.60 bits per heavy atom. The van der Waals surface area contributed by atoms with E-state index < -0.39 is 4.92 Å².